The average Bonchev–Trinajstić information content (AvgIpc) is 2.34. The molecular formula is C15H22F3NO. The van der Waals surface area contributed by atoms with Gasteiger partial charge in [-0.1, -0.05) is 36.8 Å². The Morgan fingerprint density at radius 2 is 2.05 bits per heavy atom. The van der Waals surface area contributed by atoms with Crippen LogP contribution in [0.2, 0.25) is 0 Å². The van der Waals surface area contributed by atoms with Gasteiger partial charge in [-0.05, 0) is 31.4 Å². The molecule has 0 spiro atoms. The molecule has 1 aromatic rings. The summed E-state index contributed by atoms with van der Waals surface area (Å²) in [5.74, 6) is 0.0408. The van der Waals surface area contributed by atoms with Gasteiger partial charge < -0.3 is 10.1 Å². The lowest BCUT2D eigenvalue weighted by Gasteiger charge is -2.18. The summed E-state index contributed by atoms with van der Waals surface area (Å²) in [7, 11) is 0. The van der Waals surface area contributed by atoms with E-state index in [-0.39, 0.29) is 12.5 Å². The second-order valence-corrected chi connectivity index (χ2v) is 5.00. The minimum atomic E-state index is -4.26. The van der Waals surface area contributed by atoms with Crippen molar-refractivity contribution in [2.75, 3.05) is 26.3 Å². The number of halogens is 3. The van der Waals surface area contributed by atoms with Gasteiger partial charge in [0, 0.05) is 6.54 Å². The van der Waals surface area contributed by atoms with E-state index in [0.29, 0.717) is 13.0 Å². The van der Waals surface area contributed by atoms with Crippen LogP contribution in [0.5, 0.6) is 0 Å². The standard InChI is InChI=1S/C15H22F3NO/c1-3-19-9-14(10-20-11-15(16,17)18)8-13-6-4-5-12(2)7-13/h4-7,14,19H,3,8-11H2,1-2H3. The zero-order valence-corrected chi connectivity index (χ0v) is 12.0. The fourth-order valence-corrected chi connectivity index (χ4v) is 2.05. The Kier molecular flexibility index (Phi) is 7.02. The maximum Gasteiger partial charge on any atom is 0.411 e. The van der Waals surface area contributed by atoms with Crippen molar-refractivity contribution < 1.29 is 17.9 Å². The summed E-state index contributed by atoms with van der Waals surface area (Å²) in [5.41, 5.74) is 2.28. The molecule has 1 aromatic carbocycles. The van der Waals surface area contributed by atoms with Gasteiger partial charge in [-0.3, -0.25) is 0 Å². The molecule has 0 aliphatic heterocycles. The van der Waals surface area contributed by atoms with E-state index in [1.54, 1.807) is 0 Å². The van der Waals surface area contributed by atoms with E-state index in [1.807, 2.05) is 32.0 Å². The van der Waals surface area contributed by atoms with Gasteiger partial charge in [-0.2, -0.15) is 13.2 Å². The SMILES string of the molecule is CCNCC(COCC(F)(F)F)Cc1cccc(C)c1. The molecule has 114 valence electrons. The highest BCUT2D eigenvalue weighted by molar-refractivity contribution is 5.22. The topological polar surface area (TPSA) is 21.3 Å². The quantitative estimate of drug-likeness (QED) is 0.792. The highest BCUT2D eigenvalue weighted by atomic mass is 19.4. The van der Waals surface area contributed by atoms with Crippen molar-refractivity contribution in [2.24, 2.45) is 5.92 Å². The number of hydrogen-bond acceptors (Lipinski definition) is 2. The predicted molar refractivity (Wildman–Crippen MR) is 73.8 cm³/mol. The normalized spacial score (nSPS) is 13.4. The first kappa shape index (κ1) is 17.0. The van der Waals surface area contributed by atoms with Crippen molar-refractivity contribution in [2.45, 2.75) is 26.4 Å². The first-order valence-corrected chi connectivity index (χ1v) is 6.81. The smallest absolute Gasteiger partial charge is 0.372 e. The number of alkyl halides is 3. The van der Waals surface area contributed by atoms with E-state index in [1.165, 1.54) is 0 Å². The summed E-state index contributed by atoms with van der Waals surface area (Å²) in [5, 5.41) is 3.17. The lowest BCUT2D eigenvalue weighted by molar-refractivity contribution is -0.176. The van der Waals surface area contributed by atoms with Gasteiger partial charge in [0.05, 0.1) is 6.61 Å². The van der Waals surface area contributed by atoms with E-state index >= 15 is 0 Å². The molecule has 0 fully saturated rings. The molecule has 0 radical (unpaired) electrons. The maximum atomic E-state index is 12.1. The molecule has 0 aliphatic rings. The van der Waals surface area contributed by atoms with Crippen LogP contribution >= 0.6 is 0 Å². The Balaban J connectivity index is 2.50. The molecule has 1 N–H and O–H groups in total. The molecule has 5 heteroatoms. The van der Waals surface area contributed by atoms with Crippen LogP contribution in [0.15, 0.2) is 24.3 Å². The zero-order valence-electron chi connectivity index (χ0n) is 12.0. The molecule has 0 bridgehead atoms. The number of hydrogen-bond donors (Lipinski definition) is 1. The molecule has 2 nitrogen and oxygen atoms in total. The highest BCUT2D eigenvalue weighted by Crippen LogP contribution is 2.16. The van der Waals surface area contributed by atoms with Crippen LogP contribution in [0.25, 0.3) is 0 Å². The van der Waals surface area contributed by atoms with Crippen LogP contribution in [0.4, 0.5) is 13.2 Å². The lowest BCUT2D eigenvalue weighted by atomic mass is 9.98. The monoisotopic (exact) mass is 289 g/mol. The number of rotatable bonds is 8. The van der Waals surface area contributed by atoms with Crippen LogP contribution in [-0.2, 0) is 11.2 Å². The van der Waals surface area contributed by atoms with Crippen molar-refractivity contribution in [3.05, 3.63) is 35.4 Å². The van der Waals surface area contributed by atoms with Crippen molar-refractivity contribution >= 4 is 0 Å². The van der Waals surface area contributed by atoms with Crippen molar-refractivity contribution in [3.63, 3.8) is 0 Å². The Morgan fingerprint density at radius 3 is 2.65 bits per heavy atom. The van der Waals surface area contributed by atoms with Crippen LogP contribution in [0, 0.1) is 12.8 Å². The summed E-state index contributed by atoms with van der Waals surface area (Å²) in [6.45, 7) is 4.36. The second-order valence-electron chi connectivity index (χ2n) is 5.00. The molecule has 1 rings (SSSR count). The third-order valence-electron chi connectivity index (χ3n) is 2.91. The van der Waals surface area contributed by atoms with Gasteiger partial charge in [0.2, 0.25) is 0 Å². The molecule has 1 atom stereocenters. The highest BCUT2D eigenvalue weighted by Gasteiger charge is 2.27. The molecule has 0 aliphatic carbocycles. The zero-order chi connectivity index (χ0) is 15.0. The van der Waals surface area contributed by atoms with Gasteiger partial charge in [0.25, 0.3) is 0 Å². The predicted octanol–water partition coefficient (Wildman–Crippen LogP) is 3.34. The van der Waals surface area contributed by atoms with E-state index in [4.69, 9.17) is 4.74 Å². The summed E-state index contributed by atoms with van der Waals surface area (Å²) in [6, 6.07) is 8.02. The first-order chi connectivity index (χ1) is 9.40. The Morgan fingerprint density at radius 1 is 1.30 bits per heavy atom. The first-order valence-electron chi connectivity index (χ1n) is 6.81. The van der Waals surface area contributed by atoms with Crippen molar-refractivity contribution in [3.8, 4) is 0 Å². The Labute approximate surface area is 118 Å². The summed E-state index contributed by atoms with van der Waals surface area (Å²) in [6.07, 6.45) is -3.54. The molecular weight excluding hydrogens is 267 g/mol. The van der Waals surface area contributed by atoms with Gasteiger partial charge in [0.15, 0.2) is 0 Å². The minimum Gasteiger partial charge on any atom is -0.372 e. The van der Waals surface area contributed by atoms with Crippen LogP contribution in [0.3, 0.4) is 0 Å². The van der Waals surface area contributed by atoms with Gasteiger partial charge >= 0.3 is 6.18 Å². The Bertz CT molecular complexity index is 393. The summed E-state index contributed by atoms with van der Waals surface area (Å²) < 4.78 is 41.1. The fourth-order valence-electron chi connectivity index (χ4n) is 2.05. The van der Waals surface area contributed by atoms with Crippen LogP contribution < -0.4 is 5.32 Å². The number of nitrogens with one attached hydrogen (secondary N) is 1. The molecule has 0 aromatic heterocycles. The molecule has 0 saturated carbocycles. The average molecular weight is 289 g/mol. The molecule has 0 heterocycles. The van der Waals surface area contributed by atoms with Crippen molar-refractivity contribution in [1.29, 1.82) is 0 Å². The number of aryl methyl sites for hydroxylation is 1. The Hall–Kier alpha value is -1.07. The van der Waals surface area contributed by atoms with Crippen molar-refractivity contribution in [1.82, 2.24) is 5.32 Å². The fraction of sp³-hybridized carbons (Fsp3) is 0.600. The molecule has 0 saturated heterocycles. The molecule has 0 amide bonds. The van der Waals surface area contributed by atoms with Gasteiger partial charge in [-0.15, -0.1) is 0 Å². The summed E-state index contributed by atoms with van der Waals surface area (Å²) in [4.78, 5) is 0. The third kappa shape index (κ3) is 7.50. The van der Waals surface area contributed by atoms with E-state index in [0.717, 1.165) is 17.7 Å². The van der Waals surface area contributed by atoms with Gasteiger partial charge in [-0.25, -0.2) is 0 Å². The second kappa shape index (κ2) is 8.27. The third-order valence-corrected chi connectivity index (χ3v) is 2.91. The van der Waals surface area contributed by atoms with Gasteiger partial charge in [0.1, 0.15) is 6.61 Å². The molecule has 1 unspecified atom stereocenters. The van der Waals surface area contributed by atoms with Crippen LogP contribution in [-0.4, -0.2) is 32.5 Å². The number of benzene rings is 1. The van der Waals surface area contributed by atoms with Crippen LogP contribution in [0.1, 0.15) is 18.1 Å². The molecule has 20 heavy (non-hydrogen) atoms. The summed E-state index contributed by atoms with van der Waals surface area (Å²) >= 11 is 0. The lowest BCUT2D eigenvalue weighted by Crippen LogP contribution is -2.29. The largest absolute Gasteiger partial charge is 0.411 e. The minimum absolute atomic E-state index is 0.0408. The van der Waals surface area contributed by atoms with E-state index in [9.17, 15) is 13.2 Å². The van der Waals surface area contributed by atoms with E-state index < -0.39 is 12.8 Å². The van der Waals surface area contributed by atoms with E-state index in [2.05, 4.69) is 11.4 Å². The maximum absolute atomic E-state index is 12.1. The number of ether oxygens (including phenoxy) is 1.